The molecule has 61 heavy (non-hydrogen) atoms. The van der Waals surface area contributed by atoms with Crippen LogP contribution in [0.2, 0.25) is 0 Å². The fourth-order valence-electron chi connectivity index (χ4n) is 12.3. The SMILES string of the molecule is COc1c(N2CCN(C(=O)OC(C)(C)C)C(C)C2)c(F)cc2c(=O)c(C(=O)OCC(=O)[C@@]3(O)[C@H](C)C[C@H]4[C@@H]5CCC6=CC(=O)CC[C@]6(C)[C@@]5(F)[C@@H](O)C[C@@]43C)cn(C3CC3)c12. The summed E-state index contributed by atoms with van der Waals surface area (Å²) in [5.41, 5.74) is -7.31. The largest absolute Gasteiger partial charge is 0.492 e. The summed E-state index contributed by atoms with van der Waals surface area (Å²) in [6, 6.07) is 0.602. The van der Waals surface area contributed by atoms with E-state index in [2.05, 4.69) is 0 Å². The lowest BCUT2D eigenvalue weighted by Gasteiger charge is -2.63. The lowest BCUT2D eigenvalue weighted by molar-refractivity contribution is -0.228. The zero-order valence-corrected chi connectivity index (χ0v) is 36.4. The van der Waals surface area contributed by atoms with Gasteiger partial charge in [-0.25, -0.2) is 18.4 Å². The first kappa shape index (κ1) is 43.3. The summed E-state index contributed by atoms with van der Waals surface area (Å²) in [5.74, 6) is -4.51. The van der Waals surface area contributed by atoms with Crippen LogP contribution in [0.15, 0.2) is 28.7 Å². The lowest BCUT2D eigenvalue weighted by atomic mass is 9.44. The van der Waals surface area contributed by atoms with E-state index in [9.17, 15) is 34.2 Å². The number of methoxy groups -OCH3 is 1. The van der Waals surface area contributed by atoms with Gasteiger partial charge < -0.3 is 38.8 Å². The summed E-state index contributed by atoms with van der Waals surface area (Å²) < 4.78 is 52.7. The van der Waals surface area contributed by atoms with Gasteiger partial charge in [-0.2, -0.15) is 0 Å². The number of alkyl halides is 1. The third kappa shape index (κ3) is 6.44. The number of nitrogens with zero attached hydrogens (tertiary/aromatic N) is 3. The van der Waals surface area contributed by atoms with Crippen molar-refractivity contribution in [2.75, 3.05) is 38.3 Å². The maximum absolute atomic E-state index is 17.7. The number of piperazine rings is 1. The number of ether oxygens (including phenoxy) is 3. The van der Waals surface area contributed by atoms with Crippen LogP contribution in [0.25, 0.3) is 10.9 Å². The molecule has 2 aromatic rings. The number of halogens is 2. The summed E-state index contributed by atoms with van der Waals surface area (Å²) in [4.78, 5) is 70.8. The van der Waals surface area contributed by atoms with Gasteiger partial charge in [-0.05, 0) is 96.6 Å². The van der Waals surface area contributed by atoms with Crippen molar-refractivity contribution in [1.82, 2.24) is 9.47 Å². The van der Waals surface area contributed by atoms with Crippen molar-refractivity contribution in [1.29, 1.82) is 0 Å². The Labute approximate surface area is 354 Å². The highest BCUT2D eigenvalue weighted by atomic mass is 19.1. The van der Waals surface area contributed by atoms with Crippen LogP contribution in [0.3, 0.4) is 0 Å². The molecule has 1 aromatic heterocycles. The number of carbonyl (C=O) groups is 4. The number of pyridine rings is 1. The number of aliphatic hydroxyl groups is 2. The minimum atomic E-state index is -2.10. The minimum absolute atomic E-state index is 0.0526. The molecule has 2 N–H and O–H groups in total. The summed E-state index contributed by atoms with van der Waals surface area (Å²) >= 11 is 0. The van der Waals surface area contributed by atoms with Crippen LogP contribution in [-0.2, 0) is 19.1 Å². The topological polar surface area (TPSA) is 165 Å². The molecule has 1 aliphatic heterocycles. The quantitative estimate of drug-likeness (QED) is 0.304. The van der Waals surface area contributed by atoms with Gasteiger partial charge in [-0.3, -0.25) is 14.4 Å². The summed E-state index contributed by atoms with van der Waals surface area (Å²) in [6.07, 6.45) is 3.69. The van der Waals surface area contributed by atoms with Gasteiger partial charge in [0.15, 0.2) is 24.0 Å². The summed E-state index contributed by atoms with van der Waals surface area (Å²) in [6.45, 7) is 12.3. The molecular formula is C46H59F2N3O10. The van der Waals surface area contributed by atoms with Crippen LogP contribution in [-0.4, -0.2) is 106 Å². The number of ketones is 2. The van der Waals surface area contributed by atoms with Gasteiger partial charge in [-0.15, -0.1) is 0 Å². The van der Waals surface area contributed by atoms with Crippen molar-refractivity contribution >= 4 is 40.2 Å². The van der Waals surface area contributed by atoms with Gasteiger partial charge >= 0.3 is 12.1 Å². The van der Waals surface area contributed by atoms with Crippen LogP contribution >= 0.6 is 0 Å². The normalized spacial score (nSPS) is 34.9. The van der Waals surface area contributed by atoms with E-state index in [0.29, 0.717) is 30.4 Å². The number of benzene rings is 1. The molecule has 2 heterocycles. The van der Waals surface area contributed by atoms with Gasteiger partial charge in [0.05, 0.1) is 24.1 Å². The first-order valence-corrected chi connectivity index (χ1v) is 21.7. The molecule has 15 heteroatoms. The van der Waals surface area contributed by atoms with E-state index in [0.717, 1.165) is 18.9 Å². The Morgan fingerprint density at radius 3 is 2.38 bits per heavy atom. The van der Waals surface area contributed by atoms with Crippen LogP contribution in [0, 0.1) is 34.4 Å². The fraction of sp³-hybridized carbons (Fsp3) is 0.674. The minimum Gasteiger partial charge on any atom is -0.492 e. The molecule has 8 rings (SSSR count). The van der Waals surface area contributed by atoms with Crippen LogP contribution < -0.4 is 15.1 Å². The number of aliphatic hydroxyl groups excluding tert-OH is 1. The van der Waals surface area contributed by atoms with Gasteiger partial charge in [0.1, 0.15) is 28.1 Å². The molecule has 0 radical (unpaired) electrons. The van der Waals surface area contributed by atoms with Gasteiger partial charge in [-0.1, -0.05) is 26.3 Å². The standard InChI is InChI=1S/C46H59F2N3O10/c1-24-17-32-31-12-9-26-18-28(52)13-14-43(26,6)45(31,48)34(53)20-44(32,7)46(24,58)35(54)23-60-40(56)30-22-51(27-10-11-27)36-29(38(30)55)19-33(47)37(39(36)59-8)49-15-16-50(25(2)21-49)41(57)61-42(3,4)5/h18-19,22,24-25,27,31-32,34,53,58H,9-17,20-21,23H2,1-8H3/t24-,25?,31+,32+,34+,43+,44+,45+,46+/m1/s1. The predicted molar refractivity (Wildman–Crippen MR) is 221 cm³/mol. The van der Waals surface area contributed by atoms with Crippen molar-refractivity contribution in [3.05, 3.63) is 45.5 Å². The molecular weight excluding hydrogens is 793 g/mol. The number of hydrogen-bond acceptors (Lipinski definition) is 11. The monoisotopic (exact) mass is 851 g/mol. The Morgan fingerprint density at radius 2 is 1.74 bits per heavy atom. The van der Waals surface area contributed by atoms with Crippen molar-refractivity contribution in [3.8, 4) is 5.75 Å². The highest BCUT2D eigenvalue weighted by molar-refractivity contribution is 5.99. The molecule has 6 aliphatic rings. The number of esters is 1. The van der Waals surface area contributed by atoms with Crippen molar-refractivity contribution in [2.45, 2.75) is 135 Å². The van der Waals surface area contributed by atoms with Crippen molar-refractivity contribution < 1.29 is 52.4 Å². The third-order valence-corrected chi connectivity index (χ3v) is 15.5. The van der Waals surface area contributed by atoms with E-state index in [1.807, 2.05) is 6.92 Å². The molecule has 0 bridgehead atoms. The predicted octanol–water partition coefficient (Wildman–Crippen LogP) is 6.23. The Balaban J connectivity index is 1.05. The van der Waals surface area contributed by atoms with E-state index >= 15 is 8.78 Å². The molecule has 4 saturated carbocycles. The number of carbonyl (C=O) groups excluding carboxylic acids is 4. The Bertz CT molecular complexity index is 2300. The number of aromatic nitrogens is 1. The number of amides is 1. The molecule has 332 valence electrons. The summed E-state index contributed by atoms with van der Waals surface area (Å²) in [5, 5.41) is 24.1. The van der Waals surface area contributed by atoms with Crippen LogP contribution in [0.1, 0.15) is 116 Å². The van der Waals surface area contributed by atoms with Crippen molar-refractivity contribution in [2.24, 2.45) is 28.6 Å². The maximum Gasteiger partial charge on any atom is 0.410 e. The number of anilines is 1. The Morgan fingerprint density at radius 1 is 1.03 bits per heavy atom. The molecule has 9 atom stereocenters. The fourth-order valence-corrected chi connectivity index (χ4v) is 12.3. The zero-order valence-electron chi connectivity index (χ0n) is 36.4. The molecule has 13 nitrogen and oxygen atoms in total. The second-order valence-electron chi connectivity index (χ2n) is 20.1. The number of allylic oxidation sites excluding steroid dienone is 1. The van der Waals surface area contributed by atoms with E-state index < -0.39 is 92.8 Å². The lowest BCUT2D eigenvalue weighted by Crippen LogP contribution is -2.70. The smallest absolute Gasteiger partial charge is 0.410 e. The molecule has 1 aromatic carbocycles. The van der Waals surface area contributed by atoms with Crippen LogP contribution in [0.4, 0.5) is 19.3 Å². The first-order valence-electron chi connectivity index (χ1n) is 21.7. The molecule has 1 saturated heterocycles. The second kappa shape index (κ2) is 14.6. The molecule has 1 amide bonds. The van der Waals surface area contributed by atoms with Crippen molar-refractivity contribution in [3.63, 3.8) is 0 Å². The Kier molecular flexibility index (Phi) is 10.4. The van der Waals surface area contributed by atoms with Gasteiger partial charge in [0.25, 0.3) is 0 Å². The van der Waals surface area contributed by atoms with E-state index in [1.165, 1.54) is 19.4 Å². The number of fused-ring (bicyclic) bond motifs is 6. The highest BCUT2D eigenvalue weighted by Gasteiger charge is 2.76. The molecule has 5 fully saturated rings. The average molecular weight is 852 g/mol. The van der Waals surface area contributed by atoms with Crippen LogP contribution in [0.5, 0.6) is 5.75 Å². The number of Topliss-reactive ketones (excluding diaryl/α,β-unsaturated/α-hetero) is 1. The van der Waals surface area contributed by atoms with Gasteiger partial charge in [0.2, 0.25) is 11.2 Å². The third-order valence-electron chi connectivity index (χ3n) is 15.5. The summed E-state index contributed by atoms with van der Waals surface area (Å²) in [7, 11) is 1.38. The molecule has 0 spiro atoms. The van der Waals surface area contributed by atoms with E-state index in [4.69, 9.17) is 14.2 Å². The average Bonchev–Trinajstić information content (AvgIpc) is 4.01. The second-order valence-corrected chi connectivity index (χ2v) is 20.1. The molecule has 5 aliphatic carbocycles. The van der Waals surface area contributed by atoms with E-state index in [1.54, 1.807) is 55.9 Å². The Hall–Kier alpha value is -4.37. The number of rotatable bonds is 7. The highest BCUT2D eigenvalue weighted by Crippen LogP contribution is 2.71. The first-order chi connectivity index (χ1) is 28.5. The van der Waals surface area contributed by atoms with Gasteiger partial charge in [0, 0.05) is 61.1 Å². The van der Waals surface area contributed by atoms with E-state index in [-0.39, 0.29) is 73.6 Å². The molecule has 1 unspecified atom stereocenters. The number of hydrogen-bond donors (Lipinski definition) is 2. The zero-order chi connectivity index (χ0) is 44.4. The maximum atomic E-state index is 17.7.